The number of benzene rings is 3. The molecule has 0 aliphatic carbocycles. The molecule has 0 radical (unpaired) electrons. The lowest BCUT2D eigenvalue weighted by Gasteiger charge is -2.30. The zero-order valence-corrected chi connectivity index (χ0v) is 20.5. The standard InChI is InChI=1S/C29H31N3O3/c1-20-8-10-22(11-9-20)27-17-26(25-13-12-24(34-2)16-28(25)35-3)30-32(27)29(33)19-31-15-14-21-6-4-5-7-23(21)18-31/h4-13,16,27H,14-15,17-19H2,1-3H3. The third-order valence-electron chi connectivity index (χ3n) is 6.92. The van der Waals surface area contributed by atoms with Crippen LogP contribution in [0, 0.1) is 6.92 Å². The van der Waals surface area contributed by atoms with Crippen LogP contribution in [0.3, 0.4) is 0 Å². The number of carbonyl (C=O) groups excluding carboxylic acids is 1. The van der Waals surface area contributed by atoms with Crippen LogP contribution >= 0.6 is 0 Å². The molecule has 5 rings (SSSR count). The van der Waals surface area contributed by atoms with Crippen molar-refractivity contribution in [2.24, 2.45) is 5.10 Å². The molecule has 3 aromatic rings. The molecule has 2 aliphatic heterocycles. The van der Waals surface area contributed by atoms with Crippen molar-refractivity contribution in [3.63, 3.8) is 0 Å². The van der Waals surface area contributed by atoms with E-state index in [1.54, 1.807) is 19.2 Å². The SMILES string of the molecule is COc1ccc(C2=NN(C(=O)CN3CCc4ccccc4C3)C(c3ccc(C)cc3)C2)c(OC)c1. The van der Waals surface area contributed by atoms with E-state index in [2.05, 4.69) is 60.4 Å². The molecule has 0 aromatic heterocycles. The maximum atomic E-state index is 13.6. The number of hydrazone groups is 1. The summed E-state index contributed by atoms with van der Waals surface area (Å²) < 4.78 is 11.0. The minimum Gasteiger partial charge on any atom is -0.497 e. The molecule has 6 heteroatoms. The van der Waals surface area contributed by atoms with E-state index in [1.165, 1.54) is 16.7 Å². The minimum absolute atomic E-state index is 0.0115. The van der Waals surface area contributed by atoms with Crippen LogP contribution in [0.25, 0.3) is 0 Å². The highest BCUT2D eigenvalue weighted by molar-refractivity contribution is 6.05. The Morgan fingerprint density at radius 3 is 2.51 bits per heavy atom. The van der Waals surface area contributed by atoms with Gasteiger partial charge in [-0.25, -0.2) is 5.01 Å². The maximum Gasteiger partial charge on any atom is 0.257 e. The van der Waals surface area contributed by atoms with Gasteiger partial charge in [0.1, 0.15) is 11.5 Å². The molecule has 1 atom stereocenters. The van der Waals surface area contributed by atoms with Crippen molar-refractivity contribution in [2.45, 2.75) is 32.4 Å². The molecule has 0 N–H and O–H groups in total. The molecule has 0 spiro atoms. The average Bonchev–Trinajstić information content (AvgIpc) is 3.34. The number of carbonyl (C=O) groups is 1. The topological polar surface area (TPSA) is 54.4 Å². The zero-order valence-electron chi connectivity index (χ0n) is 20.5. The average molecular weight is 470 g/mol. The number of rotatable bonds is 6. The second-order valence-electron chi connectivity index (χ2n) is 9.21. The van der Waals surface area contributed by atoms with Crippen LogP contribution in [0.2, 0.25) is 0 Å². The first-order valence-corrected chi connectivity index (χ1v) is 12.0. The van der Waals surface area contributed by atoms with E-state index in [0.29, 0.717) is 18.7 Å². The first kappa shape index (κ1) is 23.1. The number of aryl methyl sites for hydroxylation is 1. The molecule has 1 unspecified atom stereocenters. The molecule has 1 amide bonds. The lowest BCUT2D eigenvalue weighted by Crippen LogP contribution is -2.40. The molecule has 2 heterocycles. The van der Waals surface area contributed by atoms with Gasteiger partial charge in [-0.2, -0.15) is 5.10 Å². The minimum atomic E-state index is -0.151. The van der Waals surface area contributed by atoms with Gasteiger partial charge in [0.2, 0.25) is 0 Å². The third-order valence-corrected chi connectivity index (χ3v) is 6.92. The molecular formula is C29H31N3O3. The fraction of sp³-hybridized carbons (Fsp3) is 0.310. The Morgan fingerprint density at radius 2 is 1.77 bits per heavy atom. The quantitative estimate of drug-likeness (QED) is 0.523. The van der Waals surface area contributed by atoms with E-state index in [1.807, 2.05) is 18.2 Å². The van der Waals surface area contributed by atoms with E-state index < -0.39 is 0 Å². The molecule has 0 saturated heterocycles. The summed E-state index contributed by atoms with van der Waals surface area (Å²) in [5.41, 5.74) is 6.67. The number of hydrogen-bond acceptors (Lipinski definition) is 5. The highest BCUT2D eigenvalue weighted by Crippen LogP contribution is 2.36. The van der Waals surface area contributed by atoms with Crippen LogP contribution in [-0.4, -0.2) is 48.8 Å². The van der Waals surface area contributed by atoms with E-state index in [9.17, 15) is 4.79 Å². The molecule has 0 fully saturated rings. The fourth-order valence-corrected chi connectivity index (χ4v) is 4.94. The summed E-state index contributed by atoms with van der Waals surface area (Å²) in [6.07, 6.45) is 1.59. The second kappa shape index (κ2) is 9.92. The van der Waals surface area contributed by atoms with Crippen LogP contribution in [0.1, 0.15) is 40.3 Å². The highest BCUT2D eigenvalue weighted by Gasteiger charge is 2.35. The maximum absolute atomic E-state index is 13.6. The molecule has 35 heavy (non-hydrogen) atoms. The second-order valence-corrected chi connectivity index (χ2v) is 9.21. The molecular weight excluding hydrogens is 438 g/mol. The van der Waals surface area contributed by atoms with Crippen LogP contribution < -0.4 is 9.47 Å². The van der Waals surface area contributed by atoms with Gasteiger partial charge in [0.05, 0.1) is 32.5 Å². The van der Waals surface area contributed by atoms with Crippen LogP contribution in [0.15, 0.2) is 71.8 Å². The van der Waals surface area contributed by atoms with Gasteiger partial charge >= 0.3 is 0 Å². The summed E-state index contributed by atoms with van der Waals surface area (Å²) in [7, 11) is 3.27. The van der Waals surface area contributed by atoms with Crippen LogP contribution in [0.5, 0.6) is 11.5 Å². The number of ether oxygens (including phenoxy) is 2. The molecule has 0 saturated carbocycles. The molecule has 180 valence electrons. The van der Waals surface area contributed by atoms with E-state index in [0.717, 1.165) is 42.1 Å². The van der Waals surface area contributed by atoms with Crippen molar-refractivity contribution in [1.29, 1.82) is 0 Å². The predicted octanol–water partition coefficient (Wildman–Crippen LogP) is 4.75. The first-order valence-electron chi connectivity index (χ1n) is 12.0. The summed E-state index contributed by atoms with van der Waals surface area (Å²) in [6.45, 7) is 4.06. The summed E-state index contributed by atoms with van der Waals surface area (Å²) in [5, 5.41) is 6.55. The van der Waals surface area contributed by atoms with Gasteiger partial charge in [0.15, 0.2) is 0 Å². The van der Waals surface area contributed by atoms with Gasteiger partial charge in [-0.05, 0) is 42.2 Å². The lowest BCUT2D eigenvalue weighted by atomic mass is 9.97. The van der Waals surface area contributed by atoms with Crippen LogP contribution in [0.4, 0.5) is 0 Å². The van der Waals surface area contributed by atoms with Crippen LogP contribution in [-0.2, 0) is 17.8 Å². The van der Waals surface area contributed by atoms with Gasteiger partial charge < -0.3 is 9.47 Å². The lowest BCUT2D eigenvalue weighted by molar-refractivity contribution is -0.134. The fourth-order valence-electron chi connectivity index (χ4n) is 4.94. The summed E-state index contributed by atoms with van der Waals surface area (Å²) in [5.74, 6) is 1.42. The number of amides is 1. The monoisotopic (exact) mass is 469 g/mol. The van der Waals surface area contributed by atoms with Crippen molar-refractivity contribution in [2.75, 3.05) is 27.3 Å². The van der Waals surface area contributed by atoms with Gasteiger partial charge in [0, 0.05) is 31.1 Å². The number of fused-ring (bicyclic) bond motifs is 1. The Morgan fingerprint density at radius 1 is 1.00 bits per heavy atom. The van der Waals surface area contributed by atoms with Gasteiger partial charge in [-0.15, -0.1) is 0 Å². The van der Waals surface area contributed by atoms with Gasteiger partial charge in [-0.1, -0.05) is 54.1 Å². The highest BCUT2D eigenvalue weighted by atomic mass is 16.5. The van der Waals surface area contributed by atoms with E-state index >= 15 is 0 Å². The smallest absolute Gasteiger partial charge is 0.257 e. The molecule has 3 aromatic carbocycles. The van der Waals surface area contributed by atoms with Crippen molar-refractivity contribution >= 4 is 11.6 Å². The Balaban J connectivity index is 1.43. The van der Waals surface area contributed by atoms with E-state index in [4.69, 9.17) is 14.6 Å². The van der Waals surface area contributed by atoms with Crippen molar-refractivity contribution in [3.05, 3.63) is 94.5 Å². The first-order chi connectivity index (χ1) is 17.1. The Labute approximate surface area is 206 Å². The van der Waals surface area contributed by atoms with Gasteiger partial charge in [0.25, 0.3) is 5.91 Å². The van der Waals surface area contributed by atoms with Crippen molar-refractivity contribution in [1.82, 2.24) is 9.91 Å². The Bertz CT molecular complexity index is 1250. The summed E-state index contributed by atoms with van der Waals surface area (Å²) >= 11 is 0. The normalized spacial score (nSPS) is 17.6. The largest absolute Gasteiger partial charge is 0.497 e. The molecule has 0 bridgehead atoms. The Kier molecular flexibility index (Phi) is 6.55. The number of methoxy groups -OCH3 is 2. The summed E-state index contributed by atoms with van der Waals surface area (Å²) in [4.78, 5) is 15.9. The zero-order chi connectivity index (χ0) is 24.4. The number of nitrogens with zero attached hydrogens (tertiary/aromatic N) is 3. The predicted molar refractivity (Wildman–Crippen MR) is 137 cm³/mol. The Hall–Kier alpha value is -3.64. The van der Waals surface area contributed by atoms with Crippen molar-refractivity contribution < 1.29 is 14.3 Å². The number of hydrogen-bond donors (Lipinski definition) is 0. The molecule has 6 nitrogen and oxygen atoms in total. The van der Waals surface area contributed by atoms with E-state index in [-0.39, 0.29) is 11.9 Å². The summed E-state index contributed by atoms with van der Waals surface area (Å²) in [6, 6.07) is 22.4. The van der Waals surface area contributed by atoms with Gasteiger partial charge in [-0.3, -0.25) is 9.69 Å². The van der Waals surface area contributed by atoms with Crippen molar-refractivity contribution in [3.8, 4) is 11.5 Å². The third kappa shape index (κ3) is 4.80. The molecule has 2 aliphatic rings.